The van der Waals surface area contributed by atoms with Crippen molar-refractivity contribution in [2.45, 2.75) is 6.92 Å². The summed E-state index contributed by atoms with van der Waals surface area (Å²) in [6.07, 6.45) is 0. The van der Waals surface area contributed by atoms with Gasteiger partial charge in [0.2, 0.25) is 0 Å². The predicted molar refractivity (Wildman–Crippen MR) is 49.4 cm³/mol. The van der Waals surface area contributed by atoms with Gasteiger partial charge in [0.15, 0.2) is 0 Å². The van der Waals surface area contributed by atoms with Gasteiger partial charge in [-0.25, -0.2) is 4.39 Å². The Balaban J connectivity index is 2.94. The summed E-state index contributed by atoms with van der Waals surface area (Å²) in [6, 6.07) is 3.73. The highest BCUT2D eigenvalue weighted by molar-refractivity contribution is 6.31. The van der Waals surface area contributed by atoms with Crippen LogP contribution < -0.4 is 5.32 Å². The maximum Gasteiger partial charge on any atom is 0.251 e. The van der Waals surface area contributed by atoms with Gasteiger partial charge in [0.05, 0.1) is 0 Å². The van der Waals surface area contributed by atoms with Crippen molar-refractivity contribution in [2.75, 3.05) is 6.54 Å². The van der Waals surface area contributed by atoms with Crippen LogP contribution in [0.2, 0.25) is 5.02 Å². The molecule has 70 valence electrons. The lowest BCUT2D eigenvalue weighted by molar-refractivity contribution is 0.0955. The summed E-state index contributed by atoms with van der Waals surface area (Å²) in [7, 11) is 0. The maximum atomic E-state index is 12.8. The average molecular weight is 202 g/mol. The summed E-state index contributed by atoms with van der Waals surface area (Å²) in [5, 5.41) is 2.78. The molecule has 0 bridgehead atoms. The first-order valence-electron chi connectivity index (χ1n) is 3.87. The Morgan fingerprint density at radius 3 is 2.77 bits per heavy atom. The van der Waals surface area contributed by atoms with Gasteiger partial charge in [0, 0.05) is 17.1 Å². The van der Waals surface area contributed by atoms with Crippen LogP contribution >= 0.6 is 11.6 Å². The maximum absolute atomic E-state index is 12.8. The zero-order valence-corrected chi connectivity index (χ0v) is 7.86. The van der Waals surface area contributed by atoms with Crippen LogP contribution in [0.15, 0.2) is 18.2 Å². The molecular weight excluding hydrogens is 193 g/mol. The Morgan fingerprint density at radius 1 is 1.54 bits per heavy atom. The molecule has 1 aromatic rings. The van der Waals surface area contributed by atoms with Crippen LogP contribution in [-0.2, 0) is 0 Å². The van der Waals surface area contributed by atoms with Crippen molar-refractivity contribution in [3.8, 4) is 0 Å². The first-order valence-corrected chi connectivity index (χ1v) is 4.25. The number of carbonyl (C=O) groups is 1. The number of hydrogen-bond acceptors (Lipinski definition) is 1. The van der Waals surface area contributed by atoms with Gasteiger partial charge >= 0.3 is 0 Å². The predicted octanol–water partition coefficient (Wildman–Crippen LogP) is 2.23. The number of nitrogens with one attached hydrogen (secondary N) is 1. The lowest BCUT2D eigenvalue weighted by Gasteiger charge is -2.02. The lowest BCUT2D eigenvalue weighted by atomic mass is 10.2. The third-order valence-corrected chi connectivity index (χ3v) is 1.68. The van der Waals surface area contributed by atoms with Crippen LogP contribution in [0.25, 0.3) is 0 Å². The summed E-state index contributed by atoms with van der Waals surface area (Å²) in [4.78, 5) is 11.2. The van der Waals surface area contributed by atoms with E-state index >= 15 is 0 Å². The molecule has 0 saturated heterocycles. The molecule has 0 spiro atoms. The molecule has 4 heteroatoms. The van der Waals surface area contributed by atoms with Gasteiger partial charge in [-0.05, 0) is 25.1 Å². The first-order chi connectivity index (χ1) is 6.13. The molecule has 1 aromatic carbocycles. The fraction of sp³-hybridized carbons (Fsp3) is 0.222. The Labute approximate surface area is 80.7 Å². The van der Waals surface area contributed by atoms with E-state index in [0.717, 1.165) is 12.1 Å². The second-order valence-corrected chi connectivity index (χ2v) is 2.95. The molecule has 0 unspecified atom stereocenters. The SMILES string of the molecule is CCNC(=O)c1cc(F)cc(Cl)c1. The van der Waals surface area contributed by atoms with Crippen LogP contribution in [0, 0.1) is 5.82 Å². The molecule has 0 aliphatic rings. The fourth-order valence-electron chi connectivity index (χ4n) is 0.948. The summed E-state index contributed by atoms with van der Waals surface area (Å²) in [5.74, 6) is -0.822. The lowest BCUT2D eigenvalue weighted by Crippen LogP contribution is -2.22. The monoisotopic (exact) mass is 201 g/mol. The van der Waals surface area contributed by atoms with Crippen LogP contribution in [0.4, 0.5) is 4.39 Å². The van der Waals surface area contributed by atoms with E-state index in [-0.39, 0.29) is 16.5 Å². The second-order valence-electron chi connectivity index (χ2n) is 2.52. The average Bonchev–Trinajstić information content (AvgIpc) is 2.03. The summed E-state index contributed by atoms with van der Waals surface area (Å²) < 4.78 is 12.8. The Morgan fingerprint density at radius 2 is 2.23 bits per heavy atom. The third-order valence-electron chi connectivity index (χ3n) is 1.46. The molecular formula is C9H9ClFNO. The molecule has 1 N–H and O–H groups in total. The molecule has 0 fully saturated rings. The zero-order valence-electron chi connectivity index (χ0n) is 7.10. The number of hydrogen-bond donors (Lipinski definition) is 1. The molecule has 0 radical (unpaired) electrons. The zero-order chi connectivity index (χ0) is 9.84. The summed E-state index contributed by atoms with van der Waals surface area (Å²) >= 11 is 5.57. The highest BCUT2D eigenvalue weighted by Gasteiger charge is 2.06. The summed E-state index contributed by atoms with van der Waals surface area (Å²) in [6.45, 7) is 2.30. The van der Waals surface area contributed by atoms with Gasteiger partial charge in [-0.15, -0.1) is 0 Å². The number of carbonyl (C=O) groups excluding carboxylic acids is 1. The highest BCUT2D eigenvalue weighted by Crippen LogP contribution is 2.13. The Hall–Kier alpha value is -1.09. The van der Waals surface area contributed by atoms with Gasteiger partial charge in [-0.1, -0.05) is 11.6 Å². The van der Waals surface area contributed by atoms with E-state index in [1.807, 2.05) is 0 Å². The van der Waals surface area contributed by atoms with E-state index in [1.165, 1.54) is 6.07 Å². The van der Waals surface area contributed by atoms with Crippen molar-refractivity contribution in [3.05, 3.63) is 34.6 Å². The van der Waals surface area contributed by atoms with Crippen LogP contribution in [0.1, 0.15) is 17.3 Å². The van der Waals surface area contributed by atoms with E-state index in [9.17, 15) is 9.18 Å². The Bertz CT molecular complexity index is 307. The molecule has 0 heterocycles. The smallest absolute Gasteiger partial charge is 0.251 e. The number of amides is 1. The van der Waals surface area contributed by atoms with Crippen molar-refractivity contribution in [2.24, 2.45) is 0 Å². The fourth-order valence-corrected chi connectivity index (χ4v) is 1.17. The minimum Gasteiger partial charge on any atom is -0.352 e. The topological polar surface area (TPSA) is 29.1 Å². The first kappa shape index (κ1) is 9.99. The minimum atomic E-state index is -0.506. The number of rotatable bonds is 2. The second kappa shape index (κ2) is 4.23. The van der Waals surface area contributed by atoms with Gasteiger partial charge in [-0.2, -0.15) is 0 Å². The number of halogens is 2. The third kappa shape index (κ3) is 2.70. The minimum absolute atomic E-state index is 0.223. The van der Waals surface area contributed by atoms with Gasteiger partial charge < -0.3 is 5.32 Å². The normalized spacial score (nSPS) is 9.77. The molecule has 13 heavy (non-hydrogen) atoms. The molecule has 0 aliphatic heterocycles. The van der Waals surface area contributed by atoms with Crippen molar-refractivity contribution in [3.63, 3.8) is 0 Å². The molecule has 0 saturated carbocycles. The molecule has 0 aromatic heterocycles. The molecule has 1 rings (SSSR count). The largest absolute Gasteiger partial charge is 0.352 e. The van der Waals surface area contributed by atoms with Crippen LogP contribution in [-0.4, -0.2) is 12.5 Å². The molecule has 0 atom stereocenters. The van der Waals surface area contributed by atoms with E-state index in [1.54, 1.807) is 6.92 Å². The van der Waals surface area contributed by atoms with E-state index in [2.05, 4.69) is 5.32 Å². The molecule has 0 aliphatic carbocycles. The van der Waals surface area contributed by atoms with Crippen molar-refractivity contribution < 1.29 is 9.18 Å². The van der Waals surface area contributed by atoms with Crippen molar-refractivity contribution >= 4 is 17.5 Å². The van der Waals surface area contributed by atoms with Crippen molar-refractivity contribution in [1.82, 2.24) is 5.32 Å². The van der Waals surface area contributed by atoms with E-state index < -0.39 is 5.82 Å². The van der Waals surface area contributed by atoms with Crippen molar-refractivity contribution in [1.29, 1.82) is 0 Å². The van der Waals surface area contributed by atoms with Crippen LogP contribution in [0.5, 0.6) is 0 Å². The standard InChI is InChI=1S/C9H9ClFNO/c1-2-12-9(13)6-3-7(10)5-8(11)4-6/h3-5H,2H2,1H3,(H,12,13). The molecule has 2 nitrogen and oxygen atoms in total. The van der Waals surface area contributed by atoms with Crippen LogP contribution in [0.3, 0.4) is 0 Å². The van der Waals surface area contributed by atoms with E-state index in [0.29, 0.717) is 6.54 Å². The van der Waals surface area contributed by atoms with E-state index in [4.69, 9.17) is 11.6 Å². The quantitative estimate of drug-likeness (QED) is 0.781. The number of benzene rings is 1. The molecule has 1 amide bonds. The summed E-state index contributed by atoms with van der Waals surface area (Å²) in [5.41, 5.74) is 0.242. The highest BCUT2D eigenvalue weighted by atomic mass is 35.5. The Kier molecular flexibility index (Phi) is 3.25. The van der Waals surface area contributed by atoms with Gasteiger partial charge in [-0.3, -0.25) is 4.79 Å². The van der Waals surface area contributed by atoms with Gasteiger partial charge in [0.25, 0.3) is 5.91 Å². The van der Waals surface area contributed by atoms with Gasteiger partial charge in [0.1, 0.15) is 5.82 Å².